The number of hydrogen-bond acceptors (Lipinski definition) is 2. The van der Waals surface area contributed by atoms with E-state index in [0.29, 0.717) is 5.41 Å². The molecule has 2 N–H and O–H groups in total. The van der Waals surface area contributed by atoms with Crippen LogP contribution < -0.4 is 5.73 Å². The second-order valence-corrected chi connectivity index (χ2v) is 5.09. The molecule has 1 aliphatic rings. The standard InChI is InChI=1S/C11H23NO/c1-10(2)4-6-11(13-3,7-5-10)8-9-12/h4-9,12H2,1-3H3. The van der Waals surface area contributed by atoms with Crippen molar-refractivity contribution in [2.75, 3.05) is 13.7 Å². The smallest absolute Gasteiger partial charge is 0.0691 e. The summed E-state index contributed by atoms with van der Waals surface area (Å²) in [6.07, 6.45) is 5.89. The van der Waals surface area contributed by atoms with Gasteiger partial charge in [-0.25, -0.2) is 0 Å². The minimum absolute atomic E-state index is 0.101. The molecule has 0 unspecified atom stereocenters. The van der Waals surface area contributed by atoms with Crippen LogP contribution >= 0.6 is 0 Å². The van der Waals surface area contributed by atoms with E-state index in [0.717, 1.165) is 13.0 Å². The Labute approximate surface area is 81.8 Å². The molecule has 1 fully saturated rings. The lowest BCUT2D eigenvalue weighted by molar-refractivity contribution is -0.0649. The molecule has 2 heteroatoms. The molecule has 0 aromatic rings. The maximum Gasteiger partial charge on any atom is 0.0691 e. The molecule has 1 rings (SSSR count). The summed E-state index contributed by atoms with van der Waals surface area (Å²) in [4.78, 5) is 0. The highest BCUT2D eigenvalue weighted by Gasteiger charge is 2.37. The molecule has 2 nitrogen and oxygen atoms in total. The van der Waals surface area contributed by atoms with Gasteiger partial charge in [0.25, 0.3) is 0 Å². The molecular formula is C11H23NO. The fourth-order valence-electron chi connectivity index (χ4n) is 2.20. The summed E-state index contributed by atoms with van der Waals surface area (Å²) in [6, 6.07) is 0. The first-order chi connectivity index (χ1) is 6.04. The fourth-order valence-corrected chi connectivity index (χ4v) is 2.20. The average molecular weight is 185 g/mol. The van der Waals surface area contributed by atoms with Crippen LogP contribution in [0.1, 0.15) is 46.0 Å². The number of hydrogen-bond donors (Lipinski definition) is 1. The van der Waals surface area contributed by atoms with E-state index in [1.165, 1.54) is 25.7 Å². The van der Waals surface area contributed by atoms with Crippen LogP contribution in [0.15, 0.2) is 0 Å². The van der Waals surface area contributed by atoms with Gasteiger partial charge in [-0.05, 0) is 44.1 Å². The third-order valence-corrected chi connectivity index (χ3v) is 3.55. The van der Waals surface area contributed by atoms with Gasteiger partial charge in [0.1, 0.15) is 0 Å². The van der Waals surface area contributed by atoms with Crippen molar-refractivity contribution >= 4 is 0 Å². The summed E-state index contributed by atoms with van der Waals surface area (Å²) >= 11 is 0. The summed E-state index contributed by atoms with van der Waals surface area (Å²) in [5.41, 5.74) is 6.22. The van der Waals surface area contributed by atoms with E-state index >= 15 is 0 Å². The molecule has 0 saturated heterocycles. The van der Waals surface area contributed by atoms with Gasteiger partial charge < -0.3 is 10.5 Å². The maximum atomic E-state index is 5.63. The van der Waals surface area contributed by atoms with Crippen molar-refractivity contribution in [2.24, 2.45) is 11.1 Å². The summed E-state index contributed by atoms with van der Waals surface area (Å²) in [5.74, 6) is 0. The van der Waals surface area contributed by atoms with E-state index in [2.05, 4.69) is 13.8 Å². The minimum Gasteiger partial charge on any atom is -0.378 e. The predicted molar refractivity (Wildman–Crippen MR) is 55.7 cm³/mol. The molecule has 0 amide bonds. The summed E-state index contributed by atoms with van der Waals surface area (Å²) in [5, 5.41) is 0. The van der Waals surface area contributed by atoms with E-state index < -0.39 is 0 Å². The minimum atomic E-state index is 0.101. The summed E-state index contributed by atoms with van der Waals surface area (Å²) < 4.78 is 5.63. The highest BCUT2D eigenvalue weighted by molar-refractivity contribution is 4.90. The molecule has 0 aliphatic heterocycles. The third-order valence-electron chi connectivity index (χ3n) is 3.55. The second-order valence-electron chi connectivity index (χ2n) is 5.09. The maximum absolute atomic E-state index is 5.63. The molecule has 0 aromatic heterocycles. The molecular weight excluding hydrogens is 162 g/mol. The van der Waals surface area contributed by atoms with Crippen LogP contribution in [0.4, 0.5) is 0 Å². The molecule has 0 radical (unpaired) electrons. The van der Waals surface area contributed by atoms with E-state index in [9.17, 15) is 0 Å². The Kier molecular flexibility index (Phi) is 3.36. The fraction of sp³-hybridized carbons (Fsp3) is 1.00. The van der Waals surface area contributed by atoms with Crippen molar-refractivity contribution in [3.8, 4) is 0 Å². The van der Waals surface area contributed by atoms with Gasteiger partial charge in [0.15, 0.2) is 0 Å². The van der Waals surface area contributed by atoms with E-state index in [1.807, 2.05) is 7.11 Å². The van der Waals surface area contributed by atoms with Gasteiger partial charge in [0.2, 0.25) is 0 Å². The van der Waals surface area contributed by atoms with Crippen LogP contribution in [-0.4, -0.2) is 19.3 Å². The third kappa shape index (κ3) is 2.68. The number of ether oxygens (including phenoxy) is 1. The highest BCUT2D eigenvalue weighted by Crippen LogP contribution is 2.42. The number of nitrogens with two attached hydrogens (primary N) is 1. The van der Waals surface area contributed by atoms with Crippen LogP contribution in [0.3, 0.4) is 0 Å². The van der Waals surface area contributed by atoms with Crippen molar-refractivity contribution in [1.29, 1.82) is 0 Å². The van der Waals surface area contributed by atoms with Gasteiger partial charge in [-0.2, -0.15) is 0 Å². The molecule has 0 aromatic carbocycles. The van der Waals surface area contributed by atoms with Crippen molar-refractivity contribution in [3.05, 3.63) is 0 Å². The molecule has 0 heterocycles. The van der Waals surface area contributed by atoms with Crippen LogP contribution in [-0.2, 0) is 4.74 Å². The molecule has 0 bridgehead atoms. The van der Waals surface area contributed by atoms with Gasteiger partial charge in [-0.1, -0.05) is 13.8 Å². The zero-order valence-electron chi connectivity index (χ0n) is 9.23. The number of rotatable bonds is 3. The second kappa shape index (κ2) is 3.97. The van der Waals surface area contributed by atoms with Crippen LogP contribution in [0.2, 0.25) is 0 Å². The first kappa shape index (κ1) is 11.0. The van der Waals surface area contributed by atoms with Gasteiger partial charge in [-0.15, -0.1) is 0 Å². The quantitative estimate of drug-likeness (QED) is 0.732. The van der Waals surface area contributed by atoms with E-state index in [-0.39, 0.29) is 5.60 Å². The average Bonchev–Trinajstić information content (AvgIpc) is 2.10. The zero-order chi connectivity index (χ0) is 9.95. The summed E-state index contributed by atoms with van der Waals surface area (Å²) in [7, 11) is 1.83. The van der Waals surface area contributed by atoms with Gasteiger partial charge in [0, 0.05) is 7.11 Å². The summed E-state index contributed by atoms with van der Waals surface area (Å²) in [6.45, 7) is 5.43. The van der Waals surface area contributed by atoms with Crippen molar-refractivity contribution < 1.29 is 4.74 Å². The molecule has 78 valence electrons. The van der Waals surface area contributed by atoms with Gasteiger partial charge >= 0.3 is 0 Å². The molecule has 13 heavy (non-hydrogen) atoms. The van der Waals surface area contributed by atoms with E-state index in [4.69, 9.17) is 10.5 Å². The Bertz CT molecular complexity index is 155. The topological polar surface area (TPSA) is 35.2 Å². The SMILES string of the molecule is COC1(CCN)CCC(C)(C)CC1. The van der Waals surface area contributed by atoms with Crippen LogP contribution in [0, 0.1) is 5.41 Å². The van der Waals surface area contributed by atoms with Crippen molar-refractivity contribution in [3.63, 3.8) is 0 Å². The lowest BCUT2D eigenvalue weighted by atomic mass is 9.70. The van der Waals surface area contributed by atoms with Crippen LogP contribution in [0.5, 0.6) is 0 Å². The first-order valence-corrected chi connectivity index (χ1v) is 5.29. The Morgan fingerprint density at radius 2 is 1.69 bits per heavy atom. The predicted octanol–water partition coefficient (Wildman–Crippen LogP) is 2.32. The molecule has 1 aliphatic carbocycles. The Hall–Kier alpha value is -0.0800. The lowest BCUT2D eigenvalue weighted by Crippen LogP contribution is -2.40. The lowest BCUT2D eigenvalue weighted by Gasteiger charge is -2.42. The van der Waals surface area contributed by atoms with E-state index in [1.54, 1.807) is 0 Å². The Balaban J connectivity index is 2.52. The van der Waals surface area contributed by atoms with Crippen molar-refractivity contribution in [2.45, 2.75) is 51.6 Å². The zero-order valence-corrected chi connectivity index (χ0v) is 9.23. The van der Waals surface area contributed by atoms with Gasteiger partial charge in [0.05, 0.1) is 5.60 Å². The molecule has 1 saturated carbocycles. The Morgan fingerprint density at radius 3 is 2.08 bits per heavy atom. The first-order valence-electron chi connectivity index (χ1n) is 5.29. The number of methoxy groups -OCH3 is 1. The largest absolute Gasteiger partial charge is 0.378 e. The molecule has 0 atom stereocenters. The van der Waals surface area contributed by atoms with Crippen LogP contribution in [0.25, 0.3) is 0 Å². The highest BCUT2D eigenvalue weighted by atomic mass is 16.5. The van der Waals surface area contributed by atoms with Gasteiger partial charge in [-0.3, -0.25) is 0 Å². The normalized spacial score (nSPS) is 25.8. The Morgan fingerprint density at radius 1 is 1.15 bits per heavy atom. The van der Waals surface area contributed by atoms with Crippen molar-refractivity contribution in [1.82, 2.24) is 0 Å². The molecule has 0 spiro atoms. The monoisotopic (exact) mass is 185 g/mol.